The molecule has 5 heteroatoms. The Hall–Kier alpha value is -1.46. The Labute approximate surface area is 125 Å². The van der Waals surface area contributed by atoms with E-state index in [1.165, 1.54) is 0 Å². The maximum Gasteiger partial charge on any atom is 0.307 e. The maximum absolute atomic E-state index is 11.4. The van der Waals surface area contributed by atoms with E-state index in [9.17, 15) is 4.79 Å². The van der Waals surface area contributed by atoms with Crippen LogP contribution in [-0.2, 0) is 9.53 Å². The van der Waals surface area contributed by atoms with Gasteiger partial charge in [-0.15, -0.1) is 0 Å². The van der Waals surface area contributed by atoms with Crippen molar-refractivity contribution >= 4 is 23.2 Å². The highest BCUT2D eigenvalue weighted by Crippen LogP contribution is 2.23. The van der Waals surface area contributed by atoms with Crippen LogP contribution in [0.1, 0.15) is 30.5 Å². The normalized spacial score (nSPS) is 12.2. The zero-order valence-corrected chi connectivity index (χ0v) is 13.1. The molecular formula is C15H22N2O2S. The molecular weight excluding hydrogens is 272 g/mol. The second kappa shape index (κ2) is 7.97. The topological polar surface area (TPSA) is 55.6 Å². The van der Waals surface area contributed by atoms with Gasteiger partial charge in [-0.25, -0.2) is 0 Å². The highest BCUT2D eigenvalue weighted by atomic mass is 32.1. The van der Waals surface area contributed by atoms with E-state index in [-0.39, 0.29) is 12.0 Å². The fraction of sp³-hybridized carbons (Fsp3) is 0.467. The number of hydrogen-bond donors (Lipinski definition) is 1. The molecule has 20 heavy (non-hydrogen) atoms. The van der Waals surface area contributed by atoms with Crippen molar-refractivity contribution in [1.82, 2.24) is 4.90 Å². The molecule has 1 atom stereocenters. The Bertz CT molecular complexity index is 477. The number of benzene rings is 1. The van der Waals surface area contributed by atoms with E-state index in [0.29, 0.717) is 24.6 Å². The summed E-state index contributed by atoms with van der Waals surface area (Å²) < 4.78 is 4.93. The van der Waals surface area contributed by atoms with Crippen LogP contribution in [0.25, 0.3) is 0 Å². The van der Waals surface area contributed by atoms with Gasteiger partial charge in [0, 0.05) is 6.54 Å². The van der Waals surface area contributed by atoms with E-state index >= 15 is 0 Å². The zero-order valence-electron chi connectivity index (χ0n) is 12.3. The van der Waals surface area contributed by atoms with Gasteiger partial charge in [-0.05, 0) is 32.0 Å². The Morgan fingerprint density at radius 2 is 2.10 bits per heavy atom. The maximum atomic E-state index is 11.4. The van der Waals surface area contributed by atoms with Crippen molar-refractivity contribution in [3.8, 4) is 0 Å². The van der Waals surface area contributed by atoms with Crippen molar-refractivity contribution in [2.24, 2.45) is 5.73 Å². The minimum Gasteiger partial charge on any atom is -0.466 e. The molecule has 0 saturated heterocycles. The van der Waals surface area contributed by atoms with Crippen LogP contribution in [0.15, 0.2) is 24.3 Å². The Morgan fingerprint density at radius 3 is 2.65 bits per heavy atom. The fourth-order valence-electron chi connectivity index (χ4n) is 2.13. The number of carbonyl (C=O) groups excluding carboxylic acids is 1. The van der Waals surface area contributed by atoms with Crippen molar-refractivity contribution in [3.63, 3.8) is 0 Å². The molecule has 0 bridgehead atoms. The van der Waals surface area contributed by atoms with Gasteiger partial charge in [0.15, 0.2) is 0 Å². The minimum atomic E-state index is -0.203. The average Bonchev–Trinajstić information content (AvgIpc) is 2.39. The summed E-state index contributed by atoms with van der Waals surface area (Å²) in [7, 11) is 1.91. The first-order chi connectivity index (χ1) is 9.47. The van der Waals surface area contributed by atoms with E-state index < -0.39 is 0 Å². The Morgan fingerprint density at radius 1 is 1.45 bits per heavy atom. The van der Waals surface area contributed by atoms with Gasteiger partial charge in [0.25, 0.3) is 0 Å². The first-order valence-electron chi connectivity index (χ1n) is 6.68. The molecule has 0 aliphatic carbocycles. The number of nitrogens with two attached hydrogens (primary N) is 1. The molecule has 0 fully saturated rings. The Balaban J connectivity index is 2.79. The lowest BCUT2D eigenvalue weighted by Gasteiger charge is -2.28. The molecule has 0 aromatic heterocycles. The predicted molar refractivity (Wildman–Crippen MR) is 84.6 cm³/mol. The van der Waals surface area contributed by atoms with Crippen LogP contribution >= 0.6 is 12.2 Å². The third kappa shape index (κ3) is 4.58. The smallest absolute Gasteiger partial charge is 0.307 e. The van der Waals surface area contributed by atoms with Crippen LogP contribution in [0.5, 0.6) is 0 Å². The van der Waals surface area contributed by atoms with Gasteiger partial charge in [-0.3, -0.25) is 9.69 Å². The molecule has 0 radical (unpaired) electrons. The van der Waals surface area contributed by atoms with Crippen molar-refractivity contribution in [2.75, 3.05) is 20.2 Å². The van der Waals surface area contributed by atoms with Crippen LogP contribution in [0.4, 0.5) is 0 Å². The lowest BCUT2D eigenvalue weighted by atomic mass is 10.00. The fourth-order valence-corrected chi connectivity index (χ4v) is 2.44. The van der Waals surface area contributed by atoms with E-state index in [0.717, 1.165) is 11.1 Å². The number of aryl methyl sites for hydroxylation is 1. The second-order valence-corrected chi connectivity index (χ2v) is 5.17. The largest absolute Gasteiger partial charge is 0.466 e. The number of carbonyl (C=O) groups is 1. The van der Waals surface area contributed by atoms with Crippen molar-refractivity contribution in [3.05, 3.63) is 35.4 Å². The second-order valence-electron chi connectivity index (χ2n) is 4.70. The molecule has 1 aromatic rings. The number of thiocarbonyl (C=S) groups is 1. The summed E-state index contributed by atoms with van der Waals surface area (Å²) in [6.07, 6.45) is 0.329. The molecule has 0 spiro atoms. The van der Waals surface area contributed by atoms with Gasteiger partial charge in [0.05, 0.1) is 24.1 Å². The van der Waals surface area contributed by atoms with Crippen LogP contribution in [0.3, 0.4) is 0 Å². The van der Waals surface area contributed by atoms with E-state index in [4.69, 9.17) is 22.7 Å². The highest BCUT2D eigenvalue weighted by molar-refractivity contribution is 7.80. The molecule has 0 amide bonds. The summed E-state index contributed by atoms with van der Waals surface area (Å²) in [4.78, 5) is 13.8. The molecule has 4 nitrogen and oxygen atoms in total. The summed E-state index contributed by atoms with van der Waals surface area (Å²) >= 11 is 5.19. The van der Waals surface area contributed by atoms with Crippen molar-refractivity contribution in [2.45, 2.75) is 26.3 Å². The number of likely N-dealkylation sites (N-methyl/N-ethyl adjacent to an activating group) is 1. The summed E-state index contributed by atoms with van der Waals surface area (Å²) in [5, 5.41) is 0. The van der Waals surface area contributed by atoms with Crippen molar-refractivity contribution < 1.29 is 9.53 Å². The summed E-state index contributed by atoms with van der Waals surface area (Å²) in [5.41, 5.74) is 8.09. The van der Waals surface area contributed by atoms with Gasteiger partial charge in [-0.2, -0.15) is 0 Å². The number of nitrogens with zero attached hydrogens (tertiary/aromatic N) is 1. The molecule has 110 valence electrons. The summed E-state index contributed by atoms with van der Waals surface area (Å²) in [5.74, 6) is -0.203. The standard InChI is InChI=1S/C15H22N2O2S/c1-4-19-13(18)9-10-17(3)14(15(16)20)12-8-6-5-7-11(12)2/h5-8,14H,4,9-10H2,1-3H3,(H2,16,20). The van der Waals surface area contributed by atoms with Gasteiger partial charge in [-0.1, -0.05) is 36.5 Å². The monoisotopic (exact) mass is 294 g/mol. The van der Waals surface area contributed by atoms with Crippen LogP contribution in [0.2, 0.25) is 0 Å². The third-order valence-corrected chi connectivity index (χ3v) is 3.39. The van der Waals surface area contributed by atoms with Crippen molar-refractivity contribution in [1.29, 1.82) is 0 Å². The van der Waals surface area contributed by atoms with Gasteiger partial charge in [0.1, 0.15) is 0 Å². The lowest BCUT2D eigenvalue weighted by molar-refractivity contribution is -0.143. The molecule has 1 rings (SSSR count). The van der Waals surface area contributed by atoms with Crippen LogP contribution in [0, 0.1) is 6.92 Å². The molecule has 0 aliphatic heterocycles. The first kappa shape index (κ1) is 16.6. The summed E-state index contributed by atoms with van der Waals surface area (Å²) in [6, 6.07) is 7.82. The van der Waals surface area contributed by atoms with Gasteiger partial charge >= 0.3 is 5.97 Å². The van der Waals surface area contributed by atoms with E-state index in [1.54, 1.807) is 6.92 Å². The first-order valence-corrected chi connectivity index (χ1v) is 7.08. The highest BCUT2D eigenvalue weighted by Gasteiger charge is 2.22. The van der Waals surface area contributed by atoms with Crippen LogP contribution < -0.4 is 5.73 Å². The molecule has 0 saturated carbocycles. The number of esters is 1. The zero-order chi connectivity index (χ0) is 15.1. The molecule has 2 N–H and O–H groups in total. The number of rotatable bonds is 7. The molecule has 1 unspecified atom stereocenters. The van der Waals surface area contributed by atoms with Crippen LogP contribution in [-0.4, -0.2) is 36.1 Å². The Kier molecular flexibility index (Phi) is 6.61. The van der Waals surface area contributed by atoms with Gasteiger partial charge < -0.3 is 10.5 Å². The number of ether oxygens (including phenoxy) is 1. The summed E-state index contributed by atoms with van der Waals surface area (Å²) in [6.45, 7) is 4.78. The SMILES string of the molecule is CCOC(=O)CCN(C)C(C(N)=S)c1ccccc1C. The van der Waals surface area contributed by atoms with Gasteiger partial charge in [0.2, 0.25) is 0 Å². The van der Waals surface area contributed by atoms with E-state index in [1.807, 2.05) is 43.1 Å². The molecule has 1 aromatic carbocycles. The lowest BCUT2D eigenvalue weighted by Crippen LogP contribution is -2.36. The third-order valence-electron chi connectivity index (χ3n) is 3.17. The van der Waals surface area contributed by atoms with E-state index in [2.05, 4.69) is 0 Å². The minimum absolute atomic E-state index is 0.166. The molecule has 0 aliphatic rings. The molecule has 0 heterocycles. The average molecular weight is 294 g/mol. The quantitative estimate of drug-likeness (QED) is 0.617. The number of hydrogen-bond acceptors (Lipinski definition) is 4. The predicted octanol–water partition coefficient (Wildman–Crippen LogP) is 2.21.